The third-order valence-electron chi connectivity index (χ3n) is 7.56. The third-order valence-corrected chi connectivity index (χ3v) is 8.45. The van der Waals surface area contributed by atoms with Crippen LogP contribution in [0.2, 0.25) is 0 Å². The Labute approximate surface area is 229 Å². The minimum Gasteiger partial charge on any atom is -0.463 e. The van der Waals surface area contributed by atoms with Gasteiger partial charge in [0, 0.05) is 24.4 Å². The number of hydrogen-bond donors (Lipinski definition) is 0. The molecule has 3 aliphatic rings. The molecule has 7 heteroatoms. The van der Waals surface area contributed by atoms with Crippen molar-refractivity contribution in [3.05, 3.63) is 88.0 Å². The predicted molar refractivity (Wildman–Crippen MR) is 153 cm³/mol. The van der Waals surface area contributed by atoms with Crippen LogP contribution in [0, 0.1) is 6.92 Å². The molecule has 1 aliphatic carbocycles. The average molecular weight is 530 g/mol. The van der Waals surface area contributed by atoms with Crippen LogP contribution < -0.4 is 0 Å². The lowest BCUT2D eigenvalue weighted by molar-refractivity contribution is -0.139. The van der Waals surface area contributed by atoms with Gasteiger partial charge in [0.05, 0.1) is 30.3 Å². The van der Waals surface area contributed by atoms with Gasteiger partial charge in [-0.05, 0) is 37.7 Å². The lowest BCUT2D eigenvalue weighted by Crippen LogP contribution is -2.41. The Morgan fingerprint density at radius 2 is 1.84 bits per heavy atom. The number of esters is 1. The molecule has 198 valence electrons. The van der Waals surface area contributed by atoms with Crippen LogP contribution in [-0.2, 0) is 14.3 Å². The fourth-order valence-electron chi connectivity index (χ4n) is 5.60. The molecule has 5 rings (SSSR count). The summed E-state index contributed by atoms with van der Waals surface area (Å²) in [6.45, 7) is 4.13. The van der Waals surface area contributed by atoms with Crippen LogP contribution in [0.25, 0.3) is 5.70 Å². The van der Waals surface area contributed by atoms with Gasteiger partial charge in [0.2, 0.25) is 5.91 Å². The number of aryl methyl sites for hydroxylation is 1. The van der Waals surface area contributed by atoms with Crippen LogP contribution in [0.5, 0.6) is 0 Å². The van der Waals surface area contributed by atoms with Crippen LogP contribution >= 0.6 is 11.8 Å². The van der Waals surface area contributed by atoms with Gasteiger partial charge in [-0.15, -0.1) is 0 Å². The number of carbonyl (C=O) groups excluding carboxylic acids is 2. The maximum Gasteiger partial charge on any atom is 0.338 e. The van der Waals surface area contributed by atoms with Crippen molar-refractivity contribution in [3.63, 3.8) is 0 Å². The first kappa shape index (κ1) is 26.3. The summed E-state index contributed by atoms with van der Waals surface area (Å²) >= 11 is 1.51. The van der Waals surface area contributed by atoms with E-state index in [4.69, 9.17) is 9.73 Å². The number of ether oxygens (including phenoxy) is 1. The lowest BCUT2D eigenvalue weighted by atomic mass is 9.90. The number of carbonyl (C=O) groups is 2. The molecule has 1 unspecified atom stereocenters. The summed E-state index contributed by atoms with van der Waals surface area (Å²) < 4.78 is 5.60. The quantitative estimate of drug-likeness (QED) is 0.386. The molecule has 0 saturated heterocycles. The highest BCUT2D eigenvalue weighted by atomic mass is 32.2. The summed E-state index contributed by atoms with van der Waals surface area (Å²) in [5.41, 5.74) is 4.91. The Morgan fingerprint density at radius 3 is 2.55 bits per heavy atom. The molecule has 0 aromatic heterocycles. The van der Waals surface area contributed by atoms with Gasteiger partial charge in [-0.1, -0.05) is 91.2 Å². The van der Waals surface area contributed by atoms with Crippen LogP contribution in [0.15, 0.2) is 76.3 Å². The number of aliphatic imine (C=N–C) groups is 1. The van der Waals surface area contributed by atoms with Gasteiger partial charge in [0.15, 0.2) is 5.17 Å². The van der Waals surface area contributed by atoms with Gasteiger partial charge in [-0.2, -0.15) is 0 Å². The highest BCUT2D eigenvalue weighted by Gasteiger charge is 2.42. The van der Waals surface area contributed by atoms with Crippen molar-refractivity contribution in [2.24, 2.45) is 4.99 Å². The molecule has 1 fully saturated rings. The number of fused-ring (bicyclic) bond motifs is 1. The van der Waals surface area contributed by atoms with Crippen LogP contribution in [0.1, 0.15) is 68.2 Å². The molecule has 2 heterocycles. The van der Waals surface area contributed by atoms with E-state index in [1.807, 2.05) is 79.7 Å². The summed E-state index contributed by atoms with van der Waals surface area (Å²) in [4.78, 5) is 36.1. The molecule has 0 bridgehead atoms. The SMILES string of the molecule is CCOC(=O)C1=C(c2ccccc2)N=C2SC=C(CC(=O)N(C)C3CCCCC3)N2C1c1cccc(C)c1. The molecule has 2 aromatic rings. The Balaban J connectivity index is 1.56. The van der Waals surface area contributed by atoms with Gasteiger partial charge in [0.1, 0.15) is 0 Å². The molecule has 1 saturated carbocycles. The number of nitrogens with zero attached hydrogens (tertiary/aromatic N) is 3. The van der Waals surface area contributed by atoms with Gasteiger partial charge in [-0.25, -0.2) is 9.79 Å². The van der Waals surface area contributed by atoms with Crippen LogP contribution in [-0.4, -0.2) is 46.5 Å². The zero-order valence-electron chi connectivity index (χ0n) is 22.4. The summed E-state index contributed by atoms with van der Waals surface area (Å²) in [5.74, 6) is -0.286. The van der Waals surface area contributed by atoms with Crippen LogP contribution in [0.3, 0.4) is 0 Å². The largest absolute Gasteiger partial charge is 0.463 e. The molecular formula is C31H35N3O3S. The molecule has 2 aromatic carbocycles. The second-order valence-electron chi connectivity index (χ2n) is 10.1. The fraction of sp³-hybridized carbons (Fsp3) is 0.387. The number of hydrogen-bond acceptors (Lipinski definition) is 6. The average Bonchev–Trinajstić information content (AvgIpc) is 3.34. The smallest absolute Gasteiger partial charge is 0.338 e. The number of benzene rings is 2. The Kier molecular flexibility index (Phi) is 8.03. The first-order valence-electron chi connectivity index (χ1n) is 13.5. The molecule has 1 atom stereocenters. The monoisotopic (exact) mass is 529 g/mol. The van der Waals surface area contributed by atoms with Gasteiger partial charge >= 0.3 is 5.97 Å². The molecule has 6 nitrogen and oxygen atoms in total. The van der Waals surface area contributed by atoms with E-state index < -0.39 is 6.04 Å². The van der Waals surface area contributed by atoms with Crippen molar-refractivity contribution < 1.29 is 14.3 Å². The molecule has 0 spiro atoms. The molecule has 1 amide bonds. The summed E-state index contributed by atoms with van der Waals surface area (Å²) in [5, 5.41) is 2.79. The molecule has 0 N–H and O–H groups in total. The van der Waals surface area contributed by atoms with Gasteiger partial charge in [0.25, 0.3) is 0 Å². The summed E-state index contributed by atoms with van der Waals surface area (Å²) in [6.07, 6.45) is 5.99. The topological polar surface area (TPSA) is 62.2 Å². The molecule has 0 radical (unpaired) electrons. The fourth-order valence-corrected chi connectivity index (χ4v) is 6.51. The minimum atomic E-state index is -0.453. The summed E-state index contributed by atoms with van der Waals surface area (Å²) in [7, 11) is 1.93. The van der Waals surface area contributed by atoms with E-state index in [1.54, 1.807) is 0 Å². The van der Waals surface area contributed by atoms with Crippen molar-refractivity contribution in [1.29, 1.82) is 0 Å². The Bertz CT molecular complexity index is 1290. The van der Waals surface area contributed by atoms with Crippen molar-refractivity contribution >= 4 is 34.5 Å². The first-order chi connectivity index (χ1) is 18.5. The van der Waals surface area contributed by atoms with E-state index in [9.17, 15) is 9.59 Å². The van der Waals surface area contributed by atoms with E-state index in [2.05, 4.69) is 11.0 Å². The molecular weight excluding hydrogens is 494 g/mol. The molecule has 2 aliphatic heterocycles. The van der Waals surface area contributed by atoms with E-state index in [-0.39, 0.29) is 24.9 Å². The normalized spacial score (nSPS) is 19.6. The standard InChI is InChI=1S/C31H35N3O3S/c1-4-37-30(36)27-28(22-13-7-5-8-14-22)32-31-34(29(27)23-15-11-12-21(2)18-23)25(20-38-31)19-26(35)33(3)24-16-9-6-10-17-24/h5,7-8,11-15,18,20,24,29H,4,6,9-10,16-17,19H2,1-3H3. The minimum absolute atomic E-state index is 0.100. The van der Waals surface area contributed by atoms with Gasteiger partial charge in [-0.3, -0.25) is 4.79 Å². The molecule has 38 heavy (non-hydrogen) atoms. The zero-order chi connectivity index (χ0) is 26.6. The highest BCUT2D eigenvalue weighted by molar-refractivity contribution is 8.16. The second kappa shape index (κ2) is 11.6. The number of rotatable bonds is 7. The third kappa shape index (κ3) is 5.30. The van der Waals surface area contributed by atoms with Crippen molar-refractivity contribution in [2.45, 2.75) is 64.5 Å². The maximum absolute atomic E-state index is 13.6. The predicted octanol–water partition coefficient (Wildman–Crippen LogP) is 6.45. The van der Waals surface area contributed by atoms with E-state index in [1.165, 1.54) is 31.0 Å². The van der Waals surface area contributed by atoms with Crippen molar-refractivity contribution in [2.75, 3.05) is 13.7 Å². The van der Waals surface area contributed by atoms with Crippen molar-refractivity contribution in [1.82, 2.24) is 9.80 Å². The van der Waals surface area contributed by atoms with E-state index in [0.717, 1.165) is 40.4 Å². The van der Waals surface area contributed by atoms with Gasteiger partial charge < -0.3 is 14.5 Å². The van der Waals surface area contributed by atoms with E-state index in [0.29, 0.717) is 17.3 Å². The number of amidine groups is 1. The summed E-state index contributed by atoms with van der Waals surface area (Å²) in [6, 6.07) is 17.8. The number of thioether (sulfide) groups is 1. The zero-order valence-corrected chi connectivity index (χ0v) is 23.2. The first-order valence-corrected chi connectivity index (χ1v) is 14.4. The second-order valence-corrected chi connectivity index (χ2v) is 11.0. The van der Waals surface area contributed by atoms with Crippen molar-refractivity contribution in [3.8, 4) is 0 Å². The lowest BCUT2D eigenvalue weighted by Gasteiger charge is -2.37. The Morgan fingerprint density at radius 1 is 1.08 bits per heavy atom. The Hall–Kier alpha value is -3.32. The number of amides is 1. The van der Waals surface area contributed by atoms with E-state index >= 15 is 0 Å². The van der Waals surface area contributed by atoms with Crippen LogP contribution in [0.4, 0.5) is 0 Å². The highest BCUT2D eigenvalue weighted by Crippen LogP contribution is 2.47. The maximum atomic E-state index is 13.6.